The molecular formula is C15H27NO2. The average molecular weight is 253 g/mol. The Hall–Kier alpha value is -0.570. The first-order valence-corrected chi connectivity index (χ1v) is 7.49. The summed E-state index contributed by atoms with van der Waals surface area (Å²) in [5.74, 6) is 0.597. The van der Waals surface area contributed by atoms with Gasteiger partial charge in [0.15, 0.2) is 0 Å². The van der Waals surface area contributed by atoms with Crippen molar-refractivity contribution in [3.05, 3.63) is 0 Å². The number of carboxylic acid groups (broad SMARTS) is 1. The van der Waals surface area contributed by atoms with Gasteiger partial charge in [-0.3, -0.25) is 9.69 Å². The van der Waals surface area contributed by atoms with Crippen molar-refractivity contribution in [3.63, 3.8) is 0 Å². The first-order chi connectivity index (χ1) is 8.50. The predicted octanol–water partition coefficient (Wildman–Crippen LogP) is 3.00. The SMILES string of the molecule is CC1CCC(C(=O)O)C(N2CCCC2C(C)C)C1. The van der Waals surface area contributed by atoms with Crippen molar-refractivity contribution in [2.45, 2.75) is 65.0 Å². The molecule has 1 aliphatic heterocycles. The molecule has 104 valence electrons. The Morgan fingerprint density at radius 2 is 2.00 bits per heavy atom. The van der Waals surface area contributed by atoms with Crippen LogP contribution < -0.4 is 0 Å². The molecule has 0 spiro atoms. The van der Waals surface area contributed by atoms with Gasteiger partial charge in [-0.2, -0.15) is 0 Å². The summed E-state index contributed by atoms with van der Waals surface area (Å²) in [5, 5.41) is 9.45. The van der Waals surface area contributed by atoms with Gasteiger partial charge in [0.25, 0.3) is 0 Å². The van der Waals surface area contributed by atoms with Crippen LogP contribution in [0.3, 0.4) is 0 Å². The molecule has 3 heteroatoms. The molecule has 1 heterocycles. The van der Waals surface area contributed by atoms with Crippen LogP contribution in [0.4, 0.5) is 0 Å². The van der Waals surface area contributed by atoms with Crippen LogP contribution in [-0.4, -0.2) is 34.6 Å². The van der Waals surface area contributed by atoms with Gasteiger partial charge in [0.05, 0.1) is 5.92 Å². The molecule has 0 amide bonds. The fourth-order valence-corrected chi connectivity index (χ4v) is 3.95. The van der Waals surface area contributed by atoms with Gasteiger partial charge in [-0.25, -0.2) is 0 Å². The highest BCUT2D eigenvalue weighted by Gasteiger charge is 2.41. The number of aliphatic carboxylic acids is 1. The molecule has 0 radical (unpaired) electrons. The van der Waals surface area contributed by atoms with Crippen molar-refractivity contribution in [1.29, 1.82) is 0 Å². The van der Waals surface area contributed by atoms with E-state index in [9.17, 15) is 9.90 Å². The second-order valence-electron chi connectivity index (χ2n) is 6.62. The van der Waals surface area contributed by atoms with Gasteiger partial charge >= 0.3 is 5.97 Å². The number of likely N-dealkylation sites (tertiary alicyclic amines) is 1. The molecular weight excluding hydrogens is 226 g/mol. The summed E-state index contributed by atoms with van der Waals surface area (Å²) >= 11 is 0. The monoisotopic (exact) mass is 253 g/mol. The minimum atomic E-state index is -0.582. The quantitative estimate of drug-likeness (QED) is 0.840. The molecule has 1 aliphatic carbocycles. The van der Waals surface area contributed by atoms with Crippen molar-refractivity contribution < 1.29 is 9.90 Å². The van der Waals surface area contributed by atoms with Crippen LogP contribution in [0.5, 0.6) is 0 Å². The highest BCUT2D eigenvalue weighted by Crippen LogP contribution is 2.37. The summed E-state index contributed by atoms with van der Waals surface area (Å²) in [4.78, 5) is 14.0. The molecule has 2 aliphatic rings. The fraction of sp³-hybridized carbons (Fsp3) is 0.933. The van der Waals surface area contributed by atoms with Crippen molar-refractivity contribution in [2.75, 3.05) is 6.54 Å². The lowest BCUT2D eigenvalue weighted by molar-refractivity contribution is -0.146. The van der Waals surface area contributed by atoms with Gasteiger partial charge < -0.3 is 5.11 Å². The van der Waals surface area contributed by atoms with E-state index in [4.69, 9.17) is 0 Å². The third kappa shape index (κ3) is 2.71. The van der Waals surface area contributed by atoms with Crippen LogP contribution in [0.25, 0.3) is 0 Å². The lowest BCUT2D eigenvalue weighted by Crippen LogP contribution is -2.50. The summed E-state index contributed by atoms with van der Waals surface area (Å²) in [5.41, 5.74) is 0. The fourth-order valence-electron chi connectivity index (χ4n) is 3.95. The highest BCUT2D eigenvalue weighted by atomic mass is 16.4. The molecule has 0 bridgehead atoms. The first-order valence-electron chi connectivity index (χ1n) is 7.49. The molecule has 4 unspecified atom stereocenters. The van der Waals surface area contributed by atoms with E-state index >= 15 is 0 Å². The topological polar surface area (TPSA) is 40.5 Å². The van der Waals surface area contributed by atoms with E-state index in [1.165, 1.54) is 12.8 Å². The second kappa shape index (κ2) is 5.60. The number of nitrogens with zero attached hydrogens (tertiary/aromatic N) is 1. The molecule has 0 aromatic heterocycles. The normalized spacial score (nSPS) is 38.2. The van der Waals surface area contributed by atoms with E-state index in [-0.39, 0.29) is 12.0 Å². The zero-order valence-corrected chi connectivity index (χ0v) is 11.9. The Bertz CT molecular complexity index is 303. The van der Waals surface area contributed by atoms with Gasteiger partial charge in [0.1, 0.15) is 0 Å². The van der Waals surface area contributed by atoms with E-state index in [0.717, 1.165) is 25.8 Å². The Morgan fingerprint density at radius 1 is 1.28 bits per heavy atom. The lowest BCUT2D eigenvalue weighted by atomic mass is 9.77. The van der Waals surface area contributed by atoms with Gasteiger partial charge in [0.2, 0.25) is 0 Å². The third-order valence-electron chi connectivity index (χ3n) is 4.93. The molecule has 18 heavy (non-hydrogen) atoms. The lowest BCUT2D eigenvalue weighted by Gasteiger charge is -2.42. The number of hydrogen-bond donors (Lipinski definition) is 1. The number of carbonyl (C=O) groups is 1. The Labute approximate surface area is 111 Å². The van der Waals surface area contributed by atoms with Crippen LogP contribution in [0, 0.1) is 17.8 Å². The summed E-state index contributed by atoms with van der Waals surface area (Å²) < 4.78 is 0. The molecule has 1 saturated carbocycles. The highest BCUT2D eigenvalue weighted by molar-refractivity contribution is 5.71. The van der Waals surface area contributed by atoms with Crippen LogP contribution in [-0.2, 0) is 4.79 Å². The maximum Gasteiger partial charge on any atom is 0.308 e. The molecule has 2 rings (SSSR count). The molecule has 4 atom stereocenters. The molecule has 3 nitrogen and oxygen atoms in total. The van der Waals surface area contributed by atoms with Crippen molar-refractivity contribution in [1.82, 2.24) is 4.90 Å². The number of carboxylic acids is 1. The Kier molecular flexibility index (Phi) is 4.31. The van der Waals surface area contributed by atoms with Crippen LogP contribution in [0.1, 0.15) is 52.9 Å². The molecule has 0 aromatic carbocycles. The largest absolute Gasteiger partial charge is 0.481 e. The van der Waals surface area contributed by atoms with Gasteiger partial charge in [-0.15, -0.1) is 0 Å². The molecule has 1 saturated heterocycles. The first kappa shape index (κ1) is 13.9. The minimum absolute atomic E-state index is 0.138. The summed E-state index contributed by atoms with van der Waals surface area (Å²) in [6.45, 7) is 7.91. The smallest absolute Gasteiger partial charge is 0.308 e. The number of rotatable bonds is 3. The maximum absolute atomic E-state index is 11.5. The van der Waals surface area contributed by atoms with Gasteiger partial charge in [-0.05, 0) is 50.5 Å². The van der Waals surface area contributed by atoms with Crippen LogP contribution in [0.15, 0.2) is 0 Å². The zero-order valence-electron chi connectivity index (χ0n) is 11.9. The Balaban J connectivity index is 2.14. The van der Waals surface area contributed by atoms with E-state index in [1.54, 1.807) is 0 Å². The zero-order chi connectivity index (χ0) is 13.3. The summed E-state index contributed by atoms with van der Waals surface area (Å²) in [7, 11) is 0. The standard InChI is InChI=1S/C15H27NO2/c1-10(2)13-5-4-8-16(13)14-9-11(3)6-7-12(14)15(17)18/h10-14H,4-9H2,1-3H3,(H,17,18). The predicted molar refractivity (Wildman–Crippen MR) is 72.5 cm³/mol. The van der Waals surface area contributed by atoms with Gasteiger partial charge in [0, 0.05) is 12.1 Å². The van der Waals surface area contributed by atoms with Crippen LogP contribution in [0.2, 0.25) is 0 Å². The van der Waals surface area contributed by atoms with Crippen molar-refractivity contribution >= 4 is 5.97 Å². The summed E-state index contributed by atoms with van der Waals surface area (Å²) in [6, 6.07) is 0.878. The Morgan fingerprint density at radius 3 is 2.61 bits per heavy atom. The van der Waals surface area contributed by atoms with Gasteiger partial charge in [-0.1, -0.05) is 20.8 Å². The third-order valence-corrected chi connectivity index (χ3v) is 4.93. The van der Waals surface area contributed by atoms with Crippen molar-refractivity contribution in [3.8, 4) is 0 Å². The summed E-state index contributed by atoms with van der Waals surface area (Å²) in [6.07, 6.45) is 5.49. The maximum atomic E-state index is 11.5. The van der Waals surface area contributed by atoms with Crippen LogP contribution >= 0.6 is 0 Å². The molecule has 0 aromatic rings. The average Bonchev–Trinajstić information content (AvgIpc) is 2.77. The minimum Gasteiger partial charge on any atom is -0.481 e. The number of hydrogen-bond acceptors (Lipinski definition) is 2. The van der Waals surface area contributed by atoms with E-state index in [2.05, 4.69) is 25.7 Å². The molecule has 2 fully saturated rings. The van der Waals surface area contributed by atoms with Crippen molar-refractivity contribution in [2.24, 2.45) is 17.8 Å². The van der Waals surface area contributed by atoms with E-state index in [1.807, 2.05) is 0 Å². The van der Waals surface area contributed by atoms with E-state index in [0.29, 0.717) is 17.9 Å². The van der Waals surface area contributed by atoms with E-state index < -0.39 is 5.97 Å². The molecule has 1 N–H and O–H groups in total. The second-order valence-corrected chi connectivity index (χ2v) is 6.62.